The molecule has 10 heteroatoms. The number of aryl methyl sites for hydroxylation is 2. The third-order valence-corrected chi connectivity index (χ3v) is 29.7. The molecule has 2 nitrogen and oxygen atoms in total. The molecule has 0 N–H and O–H groups in total. The largest absolute Gasteiger partial charge is 1.00 e. The molecule has 16 aromatic rings. The fourth-order valence-corrected chi connectivity index (χ4v) is 25.3. The van der Waals surface area contributed by atoms with Gasteiger partial charge in [0.15, 0.2) is 0 Å². The summed E-state index contributed by atoms with van der Waals surface area (Å²) >= 11 is 0. The van der Waals surface area contributed by atoms with Gasteiger partial charge in [-0.3, -0.25) is 23.7 Å². The van der Waals surface area contributed by atoms with E-state index < -0.39 is 31.7 Å². The molecule has 0 spiro atoms. The fourth-order valence-electron chi connectivity index (χ4n) is 13.3. The molecule has 516 valence electrons. The van der Waals surface area contributed by atoms with Gasteiger partial charge in [0, 0.05) is 46.9 Å². The summed E-state index contributed by atoms with van der Waals surface area (Å²) < 4.78 is 4.19. The van der Waals surface area contributed by atoms with E-state index in [1.807, 2.05) is 86.9 Å². The molecule has 0 fully saturated rings. The minimum Gasteiger partial charge on any atom is -0.366 e. The van der Waals surface area contributed by atoms with Gasteiger partial charge in [0.05, 0.1) is 0 Å². The molecule has 0 aliphatic carbocycles. The predicted octanol–water partition coefficient (Wildman–Crippen LogP) is 15.7. The van der Waals surface area contributed by atoms with E-state index in [2.05, 4.69) is 324 Å². The molecule has 0 bridgehead atoms. The van der Waals surface area contributed by atoms with Crippen LogP contribution in [0.1, 0.15) is 22.3 Å². The van der Waals surface area contributed by atoms with E-state index in [0.717, 1.165) is 65.9 Å². The maximum Gasteiger partial charge on any atom is 1.00 e. The van der Waals surface area contributed by atoms with Crippen LogP contribution in [-0.2, 0) is 104 Å². The third-order valence-electron chi connectivity index (χ3n) is 18.0. The molecular formula is C94H70Au4N2P4+4. The van der Waals surface area contributed by atoms with Gasteiger partial charge in [-0.25, -0.2) is 0 Å². The van der Waals surface area contributed by atoms with Crippen LogP contribution in [0.3, 0.4) is 0 Å². The summed E-state index contributed by atoms with van der Waals surface area (Å²) in [6.45, 7) is 0. The second-order valence-electron chi connectivity index (χ2n) is 24.1. The monoisotopic (exact) mass is 2140 g/mol. The minimum atomic E-state index is -1.14. The summed E-state index contributed by atoms with van der Waals surface area (Å²) in [4.78, 5) is 0. The summed E-state index contributed by atoms with van der Waals surface area (Å²) in [7, 11) is -0.548. The van der Waals surface area contributed by atoms with Gasteiger partial charge in [0.25, 0.3) is 0 Å². The average molecular weight is 2140 g/mol. The van der Waals surface area contributed by atoms with Crippen molar-refractivity contribution in [3.8, 4) is 23.7 Å². The molecule has 0 atom stereocenters. The Morgan fingerprint density at radius 1 is 0.202 bits per heavy atom. The van der Waals surface area contributed by atoms with E-state index >= 15 is 0 Å². The van der Waals surface area contributed by atoms with Crippen molar-refractivity contribution in [2.75, 3.05) is 0 Å². The van der Waals surface area contributed by atoms with E-state index in [-0.39, 0.29) is 89.5 Å². The van der Waals surface area contributed by atoms with Crippen molar-refractivity contribution in [3.05, 3.63) is 412 Å². The maximum atomic E-state index is 7.21. The Labute approximate surface area is 680 Å². The first-order valence-electron chi connectivity index (χ1n) is 33.2. The number of nitrogens with zero attached hydrogens (tertiary/aromatic N) is 2. The van der Waals surface area contributed by atoms with Gasteiger partial charge in [-0.1, -0.05) is 194 Å². The standard InChI is InChI=1S/2C30H24P2.2C17H9N.4Au/c2*1-5-15-25(16-6-1)31(26-17-7-2-8-18-26)29-23-13-14-24-30(29)32(27-19-9-3-10-20-27)28-21-11-4-12-22-28;2*1-4-12-7-9-16-15(10-12)14-8-6-13(5-2)11-17(14)18(16)3;;;;/h2*1-24H;2*6-11H,3H3;;;;/q;;2*-2;4*+1/p+4. The fraction of sp³-hybridized carbons (Fsp3) is 0.0213. The molecule has 2 aromatic heterocycles. The molecule has 2 heterocycles. The Bertz CT molecular complexity index is 4920. The van der Waals surface area contributed by atoms with Crippen LogP contribution in [0.2, 0.25) is 0 Å². The van der Waals surface area contributed by atoms with Crippen LogP contribution in [0.15, 0.2) is 364 Å². The molecule has 0 aliphatic rings. The number of benzene rings is 14. The number of hydrogen-bond donors (Lipinski definition) is 0. The summed E-state index contributed by atoms with van der Waals surface area (Å²) in [6.07, 6.45) is 28.8. The van der Waals surface area contributed by atoms with Crippen molar-refractivity contribution in [1.29, 1.82) is 0 Å². The number of aromatic nitrogens is 2. The predicted molar refractivity (Wildman–Crippen MR) is 439 cm³/mol. The van der Waals surface area contributed by atoms with Crippen LogP contribution in [0.5, 0.6) is 0 Å². The Morgan fingerprint density at radius 2 is 0.385 bits per heavy atom. The Hall–Kier alpha value is -8.40. The topological polar surface area (TPSA) is 9.86 Å². The van der Waals surface area contributed by atoms with Crippen LogP contribution in [-0.4, -0.2) is 9.13 Å². The van der Waals surface area contributed by atoms with Crippen molar-refractivity contribution in [3.63, 3.8) is 0 Å². The second-order valence-corrected chi connectivity index (χ2v) is 33.8. The van der Waals surface area contributed by atoms with Crippen molar-refractivity contribution >= 4 is 139 Å². The molecule has 16 rings (SSSR count). The van der Waals surface area contributed by atoms with Gasteiger partial charge >= 0.3 is 89.5 Å². The van der Waals surface area contributed by atoms with Crippen molar-refractivity contribution in [2.24, 2.45) is 14.1 Å². The van der Waals surface area contributed by atoms with E-state index in [0.29, 0.717) is 0 Å². The third kappa shape index (κ3) is 18.3. The first-order valence-corrected chi connectivity index (χ1v) is 39.2. The number of hydrogen-bond acceptors (Lipinski definition) is 0. The maximum absolute atomic E-state index is 7.21. The summed E-state index contributed by atoms with van der Waals surface area (Å²) in [6, 6.07) is 130. The van der Waals surface area contributed by atoms with Gasteiger partial charge in [0.1, 0.15) is 95.3 Å². The van der Waals surface area contributed by atoms with Crippen molar-refractivity contribution in [2.45, 2.75) is 0 Å². The quantitative estimate of drug-likeness (QED) is 0.0499. The SMILES string of the molecule is [Au+].[Au+].[Au+].[Au+].[C-]#Cc1ccc2c(c1)c1ccc(C#[C-])cc1n2C.[C-]#Cc1ccc2c(c1)c1ccc(C#[C-])cc1n2C.c1ccc([PH+](c2ccccc2)c2ccccc2[PH+](c2ccccc2)c2ccccc2)cc1.c1ccc([PH+](c2ccccc2)c2ccccc2[PH+](c2ccccc2)c2ccccc2)cc1. The molecular weight excluding hydrogens is 2070 g/mol. The zero-order chi connectivity index (χ0) is 68.6. The first-order chi connectivity index (χ1) is 49.3. The Morgan fingerprint density at radius 3 is 0.587 bits per heavy atom. The van der Waals surface area contributed by atoms with Crippen molar-refractivity contribution < 1.29 is 89.5 Å². The minimum absolute atomic E-state index is 0. The molecule has 0 saturated carbocycles. The van der Waals surface area contributed by atoms with Crippen LogP contribution in [0, 0.1) is 49.4 Å². The molecule has 0 saturated heterocycles. The Kier molecular flexibility index (Phi) is 30.0. The molecule has 104 heavy (non-hydrogen) atoms. The smallest absolute Gasteiger partial charge is 0.366 e. The van der Waals surface area contributed by atoms with E-state index in [4.69, 9.17) is 25.7 Å². The summed E-state index contributed by atoms with van der Waals surface area (Å²) in [5, 5.41) is 21.9. The zero-order valence-corrected chi connectivity index (χ0v) is 69.4. The van der Waals surface area contributed by atoms with Gasteiger partial charge in [-0.15, -0.1) is 70.8 Å². The number of rotatable bonds is 12. The number of fused-ring (bicyclic) bond motifs is 6. The van der Waals surface area contributed by atoms with Gasteiger partial charge < -0.3 is 34.8 Å². The van der Waals surface area contributed by atoms with Crippen LogP contribution in [0.25, 0.3) is 43.6 Å². The van der Waals surface area contributed by atoms with Gasteiger partial charge in [0.2, 0.25) is 0 Å². The molecule has 0 unspecified atom stereocenters. The normalized spacial score (nSPS) is 10.4. The molecule has 0 aliphatic heterocycles. The summed E-state index contributed by atoms with van der Waals surface area (Å²) in [5.74, 6) is 9.64. The van der Waals surface area contributed by atoms with E-state index in [9.17, 15) is 0 Å². The second kappa shape index (κ2) is 39.1. The molecule has 0 radical (unpaired) electrons. The van der Waals surface area contributed by atoms with Crippen LogP contribution in [0.4, 0.5) is 0 Å². The molecule has 0 amide bonds. The van der Waals surface area contributed by atoms with E-state index in [1.165, 1.54) is 63.7 Å². The van der Waals surface area contributed by atoms with Gasteiger partial charge in [-0.2, -0.15) is 0 Å². The average Bonchev–Trinajstić information content (AvgIpc) is 1.57. The first kappa shape index (κ1) is 79.7. The molecule has 14 aromatic carbocycles. The van der Waals surface area contributed by atoms with E-state index in [1.54, 1.807) is 0 Å². The summed E-state index contributed by atoms with van der Waals surface area (Å²) in [5.41, 5.74) is 7.47. The van der Waals surface area contributed by atoms with Crippen LogP contribution >= 0.6 is 31.7 Å². The van der Waals surface area contributed by atoms with Crippen molar-refractivity contribution in [1.82, 2.24) is 9.13 Å². The Balaban J connectivity index is 0.000000164. The van der Waals surface area contributed by atoms with Gasteiger partial charge in [-0.05, 0) is 132 Å². The van der Waals surface area contributed by atoms with Crippen LogP contribution < -0.4 is 63.7 Å². The zero-order valence-electron chi connectivity index (χ0n) is 56.7.